The lowest BCUT2D eigenvalue weighted by molar-refractivity contribution is 0.162. The summed E-state index contributed by atoms with van der Waals surface area (Å²) < 4.78 is 4.78. The first-order chi connectivity index (χ1) is 4.27. The lowest BCUT2D eigenvalue weighted by Gasteiger charge is -1.92. The number of ether oxygens (including phenoxy) is 1. The number of aliphatic hydroxyl groups excluding tert-OH is 1. The fourth-order valence-corrected chi connectivity index (χ4v) is 0.285. The molecule has 0 aliphatic carbocycles. The van der Waals surface area contributed by atoms with Crippen LogP contribution in [0.3, 0.4) is 0 Å². The Morgan fingerprint density at radius 3 is 2.56 bits per heavy atom. The van der Waals surface area contributed by atoms with E-state index in [4.69, 9.17) is 14.9 Å². The maximum Gasteiger partial charge on any atom is 0.272 e. The minimum absolute atomic E-state index is 0.203. The maximum absolute atomic E-state index is 8.16. The first kappa shape index (κ1) is 8.04. The number of hydrogen-bond acceptors (Lipinski definition) is 3. The van der Waals surface area contributed by atoms with Gasteiger partial charge in [0.1, 0.15) is 0 Å². The Morgan fingerprint density at radius 2 is 2.11 bits per heavy atom. The van der Waals surface area contributed by atoms with E-state index < -0.39 is 5.95 Å². The van der Waals surface area contributed by atoms with Crippen molar-refractivity contribution in [2.45, 2.75) is 0 Å². The predicted octanol–water partition coefficient (Wildman–Crippen LogP) is 1.15. The van der Waals surface area contributed by atoms with Gasteiger partial charge in [-0.15, -0.1) is 6.58 Å². The zero-order valence-electron chi connectivity index (χ0n) is 5.08. The standard InChI is InChI=1S/C6H10O3/c1-2-4-9-5-3-6(7)8/h2-3,7-8H,1,4-5H2. The predicted molar refractivity (Wildman–Crippen MR) is 34.4 cm³/mol. The molecule has 0 radical (unpaired) electrons. The minimum atomic E-state index is -0.709. The largest absolute Gasteiger partial charge is 0.481 e. The molecule has 0 aromatic rings. The third-order valence-electron chi connectivity index (χ3n) is 0.619. The van der Waals surface area contributed by atoms with Gasteiger partial charge in [0.2, 0.25) is 0 Å². The molecule has 52 valence electrons. The van der Waals surface area contributed by atoms with Gasteiger partial charge < -0.3 is 14.9 Å². The number of rotatable bonds is 4. The van der Waals surface area contributed by atoms with Crippen LogP contribution in [0.2, 0.25) is 0 Å². The van der Waals surface area contributed by atoms with Crippen LogP contribution in [-0.2, 0) is 4.74 Å². The Balaban J connectivity index is 3.09. The molecule has 0 spiro atoms. The van der Waals surface area contributed by atoms with E-state index >= 15 is 0 Å². The highest BCUT2D eigenvalue weighted by Crippen LogP contribution is 1.81. The zero-order valence-corrected chi connectivity index (χ0v) is 5.08. The molecule has 0 saturated heterocycles. The molecular weight excluding hydrogens is 120 g/mol. The Hall–Kier alpha value is -0.960. The average Bonchev–Trinajstić information content (AvgIpc) is 1.80. The van der Waals surface area contributed by atoms with Crippen molar-refractivity contribution in [1.82, 2.24) is 0 Å². The summed E-state index contributed by atoms with van der Waals surface area (Å²) >= 11 is 0. The number of aliphatic hydroxyl groups is 2. The van der Waals surface area contributed by atoms with Crippen LogP contribution in [0.4, 0.5) is 0 Å². The van der Waals surface area contributed by atoms with Crippen molar-refractivity contribution in [1.29, 1.82) is 0 Å². The quantitative estimate of drug-likeness (QED) is 0.341. The second kappa shape index (κ2) is 5.18. The van der Waals surface area contributed by atoms with Gasteiger partial charge in [0.25, 0.3) is 5.95 Å². The Kier molecular flexibility index (Phi) is 4.63. The summed E-state index contributed by atoms with van der Waals surface area (Å²) in [6.45, 7) is 4.03. The Labute approximate surface area is 53.9 Å². The maximum atomic E-state index is 8.16. The van der Waals surface area contributed by atoms with Gasteiger partial charge in [-0.25, -0.2) is 0 Å². The van der Waals surface area contributed by atoms with Gasteiger partial charge in [-0.2, -0.15) is 0 Å². The minimum Gasteiger partial charge on any atom is -0.481 e. The molecule has 0 aromatic carbocycles. The summed E-state index contributed by atoms with van der Waals surface area (Å²) in [5, 5.41) is 16.3. The van der Waals surface area contributed by atoms with Crippen LogP contribution < -0.4 is 0 Å². The van der Waals surface area contributed by atoms with Crippen molar-refractivity contribution in [3.63, 3.8) is 0 Å². The molecule has 3 nitrogen and oxygen atoms in total. The normalized spacial score (nSPS) is 8.44. The third-order valence-corrected chi connectivity index (χ3v) is 0.619. The van der Waals surface area contributed by atoms with Crippen molar-refractivity contribution < 1.29 is 14.9 Å². The molecule has 0 aromatic heterocycles. The van der Waals surface area contributed by atoms with Crippen molar-refractivity contribution in [2.24, 2.45) is 0 Å². The van der Waals surface area contributed by atoms with E-state index in [-0.39, 0.29) is 6.61 Å². The van der Waals surface area contributed by atoms with Crippen LogP contribution in [0.1, 0.15) is 0 Å². The fourth-order valence-electron chi connectivity index (χ4n) is 0.285. The number of hydrogen-bond donors (Lipinski definition) is 2. The summed E-state index contributed by atoms with van der Waals surface area (Å²) in [5.41, 5.74) is 0. The molecule has 3 heteroatoms. The first-order valence-electron chi connectivity index (χ1n) is 2.54. The van der Waals surface area contributed by atoms with Crippen molar-refractivity contribution in [2.75, 3.05) is 13.2 Å². The van der Waals surface area contributed by atoms with Gasteiger partial charge in [0, 0.05) is 6.08 Å². The van der Waals surface area contributed by atoms with Crippen molar-refractivity contribution in [3.05, 3.63) is 24.7 Å². The molecule has 0 unspecified atom stereocenters. The molecule has 9 heavy (non-hydrogen) atoms. The highest BCUT2D eigenvalue weighted by molar-refractivity contribution is 4.78. The van der Waals surface area contributed by atoms with Crippen LogP contribution >= 0.6 is 0 Å². The molecule has 2 N–H and O–H groups in total. The molecule has 0 fully saturated rings. The smallest absolute Gasteiger partial charge is 0.272 e. The molecular formula is C6H10O3. The summed E-state index contributed by atoms with van der Waals surface area (Å²) in [6, 6.07) is 0. The molecule has 0 aliphatic rings. The lowest BCUT2D eigenvalue weighted by atomic mass is 10.6. The van der Waals surface area contributed by atoms with Crippen molar-refractivity contribution in [3.8, 4) is 0 Å². The SMILES string of the molecule is C=CCOCC=C(O)O. The van der Waals surface area contributed by atoms with E-state index in [2.05, 4.69) is 6.58 Å². The molecule has 0 saturated carbocycles. The highest BCUT2D eigenvalue weighted by atomic mass is 16.5. The summed E-state index contributed by atoms with van der Waals surface area (Å²) in [7, 11) is 0. The van der Waals surface area contributed by atoms with Gasteiger partial charge in [0.15, 0.2) is 0 Å². The van der Waals surface area contributed by atoms with Gasteiger partial charge in [0.05, 0.1) is 13.2 Å². The van der Waals surface area contributed by atoms with E-state index in [1.54, 1.807) is 6.08 Å². The Bertz CT molecular complexity index is 103. The van der Waals surface area contributed by atoms with Crippen LogP contribution in [0, 0.1) is 0 Å². The molecule has 0 atom stereocenters. The highest BCUT2D eigenvalue weighted by Gasteiger charge is 1.81. The lowest BCUT2D eigenvalue weighted by Crippen LogP contribution is -1.91. The topological polar surface area (TPSA) is 49.7 Å². The van der Waals surface area contributed by atoms with Gasteiger partial charge in [-0.05, 0) is 0 Å². The summed E-state index contributed by atoms with van der Waals surface area (Å²) in [6.07, 6.45) is 2.74. The van der Waals surface area contributed by atoms with Crippen LogP contribution in [0.25, 0.3) is 0 Å². The average molecular weight is 130 g/mol. The van der Waals surface area contributed by atoms with Gasteiger partial charge >= 0.3 is 0 Å². The Morgan fingerprint density at radius 1 is 1.44 bits per heavy atom. The van der Waals surface area contributed by atoms with Crippen LogP contribution in [0.5, 0.6) is 0 Å². The van der Waals surface area contributed by atoms with E-state index in [0.29, 0.717) is 6.61 Å². The van der Waals surface area contributed by atoms with Gasteiger partial charge in [-0.3, -0.25) is 0 Å². The molecule has 0 bridgehead atoms. The monoisotopic (exact) mass is 130 g/mol. The summed E-state index contributed by atoms with van der Waals surface area (Å²) in [5.74, 6) is -0.709. The van der Waals surface area contributed by atoms with E-state index in [1.165, 1.54) is 0 Å². The van der Waals surface area contributed by atoms with Crippen molar-refractivity contribution >= 4 is 0 Å². The van der Waals surface area contributed by atoms with Gasteiger partial charge in [-0.1, -0.05) is 6.08 Å². The summed E-state index contributed by atoms with van der Waals surface area (Å²) in [4.78, 5) is 0. The molecule has 0 amide bonds. The van der Waals surface area contributed by atoms with E-state index in [9.17, 15) is 0 Å². The van der Waals surface area contributed by atoms with Crippen LogP contribution in [0.15, 0.2) is 24.7 Å². The van der Waals surface area contributed by atoms with E-state index in [0.717, 1.165) is 6.08 Å². The molecule has 0 aliphatic heterocycles. The third kappa shape index (κ3) is 7.04. The zero-order chi connectivity index (χ0) is 7.11. The van der Waals surface area contributed by atoms with E-state index in [1.807, 2.05) is 0 Å². The fraction of sp³-hybridized carbons (Fsp3) is 0.333. The first-order valence-corrected chi connectivity index (χ1v) is 2.54. The molecule has 0 rings (SSSR count). The molecule has 0 heterocycles. The second-order valence-electron chi connectivity index (χ2n) is 1.39. The second-order valence-corrected chi connectivity index (χ2v) is 1.39. The van der Waals surface area contributed by atoms with Crippen LogP contribution in [-0.4, -0.2) is 23.4 Å².